The van der Waals surface area contributed by atoms with E-state index in [-0.39, 0.29) is 14.1 Å². The molecule has 1 unspecified atom stereocenters. The van der Waals surface area contributed by atoms with Gasteiger partial charge in [0.25, 0.3) is 0 Å². The lowest BCUT2D eigenvalue weighted by Gasteiger charge is -2.17. The van der Waals surface area contributed by atoms with E-state index in [1.54, 1.807) is 14.2 Å². The molecule has 0 amide bonds. The highest BCUT2D eigenvalue weighted by molar-refractivity contribution is 7.66. The summed E-state index contributed by atoms with van der Waals surface area (Å²) in [7, 11) is 3.21. The maximum atomic E-state index is 12.7. The van der Waals surface area contributed by atoms with Crippen LogP contribution < -0.4 is 14.8 Å². The summed E-state index contributed by atoms with van der Waals surface area (Å²) in [5.74, 6) is 1.21. The third-order valence-electron chi connectivity index (χ3n) is 3.27. The Morgan fingerprint density at radius 2 is 1.48 bits per heavy atom. The highest BCUT2D eigenvalue weighted by atomic mass is 31.1. The second-order valence-corrected chi connectivity index (χ2v) is 6.05. The maximum absolute atomic E-state index is 12.7. The Morgan fingerprint density at radius 1 is 0.952 bits per heavy atom. The number of aryl methyl sites for hydroxylation is 2. The first kappa shape index (κ1) is 15.5. The minimum absolute atomic E-state index is 0.0294. The van der Waals surface area contributed by atoms with Crippen LogP contribution >= 0.6 is 8.58 Å². The summed E-state index contributed by atoms with van der Waals surface area (Å²) in [5.41, 5.74) is 2.45. The average Bonchev–Trinajstić information content (AvgIpc) is 2.47. The molecule has 2 rings (SSSR count). The van der Waals surface area contributed by atoms with Crippen LogP contribution in [0, 0.1) is 13.8 Å². The molecule has 0 aromatic heterocycles. The van der Waals surface area contributed by atoms with Gasteiger partial charge >= 0.3 is 0 Å². The van der Waals surface area contributed by atoms with E-state index >= 15 is 0 Å². The molecule has 0 N–H and O–H groups in total. The molecule has 1 atom stereocenters. The van der Waals surface area contributed by atoms with E-state index < -0.39 is 0 Å². The first-order chi connectivity index (χ1) is 10.1. The van der Waals surface area contributed by atoms with Crippen LogP contribution in [-0.4, -0.2) is 19.7 Å². The molecular formula is C17H19O3P. The van der Waals surface area contributed by atoms with E-state index in [1.165, 1.54) is 0 Å². The lowest BCUT2D eigenvalue weighted by atomic mass is 10.0. The van der Waals surface area contributed by atoms with E-state index in [9.17, 15) is 4.79 Å². The first-order valence-electron chi connectivity index (χ1n) is 6.67. The SMILES string of the molecule is COc1c(C)cc(C)c(OC)c1C(=O)Pc1ccccc1. The molecule has 0 spiro atoms. The lowest BCUT2D eigenvalue weighted by Crippen LogP contribution is -2.07. The number of carbonyl (C=O) groups excluding carboxylic acids is 1. The van der Waals surface area contributed by atoms with Gasteiger partial charge in [-0.05, 0) is 44.9 Å². The van der Waals surface area contributed by atoms with Crippen LogP contribution in [0.15, 0.2) is 36.4 Å². The van der Waals surface area contributed by atoms with E-state index in [0.29, 0.717) is 17.1 Å². The molecule has 21 heavy (non-hydrogen) atoms. The highest BCUT2D eigenvalue weighted by Gasteiger charge is 2.22. The van der Waals surface area contributed by atoms with Crippen molar-refractivity contribution in [2.75, 3.05) is 14.2 Å². The molecule has 2 aromatic carbocycles. The van der Waals surface area contributed by atoms with Crippen molar-refractivity contribution in [1.29, 1.82) is 0 Å². The monoisotopic (exact) mass is 302 g/mol. The summed E-state index contributed by atoms with van der Waals surface area (Å²) in [5, 5.41) is 1.01. The molecule has 4 heteroatoms. The lowest BCUT2D eigenvalue weighted by molar-refractivity contribution is 0.108. The van der Waals surface area contributed by atoms with Crippen LogP contribution in [0.5, 0.6) is 11.5 Å². The zero-order chi connectivity index (χ0) is 15.4. The number of hydrogen-bond acceptors (Lipinski definition) is 3. The molecule has 0 saturated carbocycles. The molecule has 0 bridgehead atoms. The van der Waals surface area contributed by atoms with Gasteiger partial charge in [-0.25, -0.2) is 0 Å². The molecule has 110 valence electrons. The second kappa shape index (κ2) is 6.73. The summed E-state index contributed by atoms with van der Waals surface area (Å²) in [6, 6.07) is 11.7. The maximum Gasteiger partial charge on any atom is 0.193 e. The van der Waals surface area contributed by atoms with Crippen molar-refractivity contribution < 1.29 is 14.3 Å². The van der Waals surface area contributed by atoms with Gasteiger partial charge in [-0.15, -0.1) is 0 Å². The molecule has 0 radical (unpaired) electrons. The Kier molecular flexibility index (Phi) is 4.98. The fraction of sp³-hybridized carbons (Fsp3) is 0.235. The largest absolute Gasteiger partial charge is 0.496 e. The summed E-state index contributed by atoms with van der Waals surface area (Å²) in [6.07, 6.45) is 0. The predicted molar refractivity (Wildman–Crippen MR) is 87.7 cm³/mol. The van der Waals surface area contributed by atoms with E-state index in [4.69, 9.17) is 9.47 Å². The van der Waals surface area contributed by atoms with E-state index in [0.717, 1.165) is 16.4 Å². The molecule has 0 aliphatic carbocycles. The average molecular weight is 302 g/mol. The number of carbonyl (C=O) groups is 1. The van der Waals surface area contributed by atoms with E-state index in [1.807, 2.05) is 50.2 Å². The summed E-state index contributed by atoms with van der Waals surface area (Å²) in [4.78, 5) is 12.7. The topological polar surface area (TPSA) is 35.5 Å². The summed E-state index contributed by atoms with van der Waals surface area (Å²) >= 11 is 0. The molecule has 0 saturated heterocycles. The predicted octanol–water partition coefficient (Wildman–Crippen LogP) is 3.46. The summed E-state index contributed by atoms with van der Waals surface area (Å²) < 4.78 is 10.9. The molecule has 3 nitrogen and oxygen atoms in total. The third-order valence-corrected chi connectivity index (χ3v) is 4.37. The summed E-state index contributed by atoms with van der Waals surface area (Å²) in [6.45, 7) is 3.88. The number of rotatable bonds is 5. The molecular weight excluding hydrogens is 283 g/mol. The fourth-order valence-electron chi connectivity index (χ4n) is 2.40. The van der Waals surface area contributed by atoms with Crippen LogP contribution in [0.3, 0.4) is 0 Å². The van der Waals surface area contributed by atoms with Crippen molar-refractivity contribution in [2.24, 2.45) is 0 Å². The Morgan fingerprint density at radius 3 is 1.95 bits per heavy atom. The standard InChI is InChI=1S/C17H19O3P/c1-11-10-12(2)16(20-4)14(15(11)19-3)17(18)21-13-8-6-5-7-9-13/h5-10,21H,1-4H3. The minimum atomic E-state index is 0.0294. The number of hydrogen-bond donors (Lipinski definition) is 0. The van der Waals surface area contributed by atoms with Gasteiger partial charge < -0.3 is 9.47 Å². The zero-order valence-corrected chi connectivity index (χ0v) is 13.7. The zero-order valence-electron chi connectivity index (χ0n) is 12.7. The normalized spacial score (nSPS) is 10.9. The number of benzene rings is 2. The van der Waals surface area contributed by atoms with Crippen molar-refractivity contribution in [1.82, 2.24) is 0 Å². The minimum Gasteiger partial charge on any atom is -0.496 e. The molecule has 2 aromatic rings. The smallest absolute Gasteiger partial charge is 0.193 e. The van der Waals surface area contributed by atoms with Crippen LogP contribution in [0.25, 0.3) is 0 Å². The molecule has 0 aliphatic rings. The van der Waals surface area contributed by atoms with Gasteiger partial charge in [0.2, 0.25) is 0 Å². The van der Waals surface area contributed by atoms with Crippen LogP contribution in [-0.2, 0) is 0 Å². The number of methoxy groups -OCH3 is 2. The van der Waals surface area contributed by atoms with Gasteiger partial charge in [0.15, 0.2) is 5.52 Å². The molecule has 0 fully saturated rings. The van der Waals surface area contributed by atoms with E-state index in [2.05, 4.69) is 0 Å². The van der Waals surface area contributed by atoms with Gasteiger partial charge in [0.1, 0.15) is 17.1 Å². The van der Waals surface area contributed by atoms with Crippen molar-refractivity contribution in [3.8, 4) is 11.5 Å². The first-order valence-corrected chi connectivity index (χ1v) is 7.67. The van der Waals surface area contributed by atoms with Gasteiger partial charge in [0.05, 0.1) is 14.2 Å². The van der Waals surface area contributed by atoms with Crippen LogP contribution in [0.1, 0.15) is 21.5 Å². The number of ether oxygens (including phenoxy) is 2. The Hall–Kier alpha value is -1.86. The van der Waals surface area contributed by atoms with Crippen LogP contribution in [0.4, 0.5) is 0 Å². The Labute approximate surface area is 127 Å². The van der Waals surface area contributed by atoms with Crippen molar-refractivity contribution in [3.63, 3.8) is 0 Å². The van der Waals surface area contributed by atoms with Crippen molar-refractivity contribution in [3.05, 3.63) is 53.1 Å². The van der Waals surface area contributed by atoms with Crippen LogP contribution in [0.2, 0.25) is 0 Å². The third kappa shape index (κ3) is 3.25. The van der Waals surface area contributed by atoms with Gasteiger partial charge in [-0.2, -0.15) is 0 Å². The molecule has 0 aliphatic heterocycles. The molecule has 0 heterocycles. The quantitative estimate of drug-likeness (QED) is 0.793. The second-order valence-electron chi connectivity index (χ2n) is 4.77. The Bertz CT molecular complexity index is 623. The van der Waals surface area contributed by atoms with Gasteiger partial charge in [-0.3, -0.25) is 4.79 Å². The van der Waals surface area contributed by atoms with Crippen molar-refractivity contribution in [2.45, 2.75) is 13.8 Å². The van der Waals surface area contributed by atoms with Gasteiger partial charge in [0, 0.05) is 0 Å². The fourth-order valence-corrected chi connectivity index (χ4v) is 3.37. The van der Waals surface area contributed by atoms with Crippen molar-refractivity contribution >= 4 is 19.4 Å². The Balaban J connectivity index is 2.48. The highest BCUT2D eigenvalue weighted by Crippen LogP contribution is 2.38. The van der Waals surface area contributed by atoms with Gasteiger partial charge in [-0.1, -0.05) is 30.3 Å².